The van der Waals surface area contributed by atoms with Crippen molar-refractivity contribution >= 4 is 17.3 Å². The van der Waals surface area contributed by atoms with E-state index in [2.05, 4.69) is 5.16 Å². The Balaban J connectivity index is 1.95. The van der Waals surface area contributed by atoms with E-state index in [0.717, 1.165) is 30.3 Å². The summed E-state index contributed by atoms with van der Waals surface area (Å²) < 4.78 is 78.6. The van der Waals surface area contributed by atoms with Gasteiger partial charge < -0.3 is 4.84 Å². The normalized spacial score (nSPS) is 12.7. The second-order valence-electron chi connectivity index (χ2n) is 6.46. The van der Waals surface area contributed by atoms with Gasteiger partial charge in [-0.25, -0.2) is 0 Å². The molecule has 0 unspecified atom stereocenters. The highest BCUT2D eigenvalue weighted by atomic mass is 35.5. The van der Waals surface area contributed by atoms with Gasteiger partial charge in [0.25, 0.3) is 0 Å². The van der Waals surface area contributed by atoms with Crippen molar-refractivity contribution < 1.29 is 31.2 Å². The molecule has 162 valence electrons. The fourth-order valence-electron chi connectivity index (χ4n) is 2.77. The van der Waals surface area contributed by atoms with Crippen LogP contribution in [0.25, 0.3) is 0 Å². The van der Waals surface area contributed by atoms with E-state index < -0.39 is 23.5 Å². The van der Waals surface area contributed by atoms with Crippen LogP contribution in [0.1, 0.15) is 27.8 Å². The Morgan fingerprint density at radius 1 is 0.806 bits per heavy atom. The number of hydrogen-bond donors (Lipinski definition) is 0. The minimum Gasteiger partial charge on any atom is -0.390 e. The van der Waals surface area contributed by atoms with E-state index in [1.807, 2.05) is 0 Å². The van der Waals surface area contributed by atoms with Crippen molar-refractivity contribution in [1.82, 2.24) is 0 Å². The lowest BCUT2D eigenvalue weighted by Crippen LogP contribution is -2.15. The van der Waals surface area contributed by atoms with E-state index in [0.29, 0.717) is 11.1 Å². The molecule has 3 rings (SSSR count). The van der Waals surface area contributed by atoms with Gasteiger partial charge in [0.2, 0.25) is 0 Å². The Morgan fingerprint density at radius 3 is 2.03 bits per heavy atom. The predicted octanol–water partition coefficient (Wildman–Crippen LogP) is 7.35. The van der Waals surface area contributed by atoms with Crippen LogP contribution in [-0.2, 0) is 23.8 Å². The minimum atomic E-state index is -4.66. The maximum absolute atomic E-state index is 13.5. The average Bonchev–Trinajstić information content (AvgIpc) is 2.70. The van der Waals surface area contributed by atoms with Crippen molar-refractivity contribution in [3.05, 3.63) is 106 Å². The number of alkyl halides is 6. The molecule has 31 heavy (non-hydrogen) atoms. The van der Waals surface area contributed by atoms with Gasteiger partial charge in [0.05, 0.1) is 11.1 Å². The lowest BCUT2D eigenvalue weighted by Gasteiger charge is -2.15. The van der Waals surface area contributed by atoms with E-state index in [1.165, 1.54) is 12.1 Å². The summed E-state index contributed by atoms with van der Waals surface area (Å²) in [5, 5.41) is 3.96. The molecule has 9 heteroatoms. The first-order valence-electron chi connectivity index (χ1n) is 8.84. The van der Waals surface area contributed by atoms with Gasteiger partial charge in [0, 0.05) is 16.1 Å². The van der Waals surface area contributed by atoms with Crippen LogP contribution in [0.4, 0.5) is 26.3 Å². The third-order valence-corrected chi connectivity index (χ3v) is 4.49. The average molecular weight is 458 g/mol. The summed E-state index contributed by atoms with van der Waals surface area (Å²) in [6.45, 7) is -0.240. The van der Waals surface area contributed by atoms with Crippen molar-refractivity contribution in [3.63, 3.8) is 0 Å². The topological polar surface area (TPSA) is 21.6 Å². The largest absolute Gasteiger partial charge is 0.417 e. The quantitative estimate of drug-likeness (QED) is 0.223. The van der Waals surface area contributed by atoms with Crippen LogP contribution < -0.4 is 0 Å². The highest BCUT2D eigenvalue weighted by molar-refractivity contribution is 6.31. The molecule has 0 N–H and O–H groups in total. The number of rotatable bonds is 5. The van der Waals surface area contributed by atoms with Crippen LogP contribution in [0, 0.1) is 0 Å². The number of benzene rings is 3. The van der Waals surface area contributed by atoms with E-state index in [-0.39, 0.29) is 22.9 Å². The molecule has 3 aromatic carbocycles. The molecule has 0 saturated carbocycles. The molecule has 0 atom stereocenters. The van der Waals surface area contributed by atoms with Crippen molar-refractivity contribution in [2.45, 2.75) is 19.0 Å². The first-order chi connectivity index (χ1) is 14.6. The molecule has 0 aliphatic rings. The lowest BCUT2D eigenvalue weighted by atomic mass is 9.97. The van der Waals surface area contributed by atoms with Crippen LogP contribution in [-0.4, -0.2) is 5.71 Å². The number of nitrogens with zero attached hydrogens (tertiary/aromatic N) is 1. The van der Waals surface area contributed by atoms with Crippen LogP contribution in [0.5, 0.6) is 0 Å². The molecule has 0 aliphatic carbocycles. The van der Waals surface area contributed by atoms with E-state index in [9.17, 15) is 26.3 Å². The molecule has 0 bridgehead atoms. The highest BCUT2D eigenvalue weighted by Gasteiger charge is 2.35. The Kier molecular flexibility index (Phi) is 6.59. The zero-order chi connectivity index (χ0) is 22.6. The summed E-state index contributed by atoms with van der Waals surface area (Å²) in [4.78, 5) is 5.22. The van der Waals surface area contributed by atoms with Gasteiger partial charge in [-0.05, 0) is 35.9 Å². The summed E-state index contributed by atoms with van der Waals surface area (Å²) in [6.07, 6.45) is -9.14. The molecular formula is C22H14ClF6NO. The standard InChI is InChI=1S/C22H14ClF6NO/c23-17-10-11-19(22(27,28)29)18(12-17)20(15-4-2-1-3-5-15)30-31-13-14-6-8-16(9-7-14)21(24,25)26/h1-12H,13H2/b30-20+. The monoisotopic (exact) mass is 457 g/mol. The summed E-state index contributed by atoms with van der Waals surface area (Å²) in [6, 6.07) is 15.4. The van der Waals surface area contributed by atoms with Gasteiger partial charge in [0.15, 0.2) is 0 Å². The number of oxime groups is 1. The molecule has 2 nitrogen and oxygen atoms in total. The summed E-state index contributed by atoms with van der Waals surface area (Å²) >= 11 is 5.92. The van der Waals surface area contributed by atoms with Crippen molar-refractivity contribution in [2.24, 2.45) is 5.16 Å². The highest BCUT2D eigenvalue weighted by Crippen LogP contribution is 2.35. The molecule has 0 fully saturated rings. The molecule has 0 spiro atoms. The van der Waals surface area contributed by atoms with Gasteiger partial charge in [-0.2, -0.15) is 26.3 Å². The van der Waals surface area contributed by atoms with Crippen LogP contribution in [0.15, 0.2) is 78.0 Å². The first kappa shape index (κ1) is 22.7. The molecular weight excluding hydrogens is 444 g/mol. The SMILES string of the molecule is FC(F)(F)c1ccc(CO/N=C(\c2ccccc2)c2cc(Cl)ccc2C(F)(F)F)cc1. The van der Waals surface area contributed by atoms with Crippen LogP contribution in [0.3, 0.4) is 0 Å². The fourth-order valence-corrected chi connectivity index (χ4v) is 2.95. The van der Waals surface area contributed by atoms with E-state index >= 15 is 0 Å². The summed E-state index contributed by atoms with van der Waals surface area (Å²) in [5.74, 6) is 0. The molecule has 0 radical (unpaired) electrons. The van der Waals surface area contributed by atoms with Gasteiger partial charge in [-0.3, -0.25) is 0 Å². The Hall–Kier alpha value is -3.00. The maximum atomic E-state index is 13.5. The molecule has 0 saturated heterocycles. The first-order valence-corrected chi connectivity index (χ1v) is 9.22. The van der Waals surface area contributed by atoms with Gasteiger partial charge in [-0.1, -0.05) is 59.2 Å². The van der Waals surface area contributed by atoms with Crippen molar-refractivity contribution in [3.8, 4) is 0 Å². The van der Waals surface area contributed by atoms with Crippen molar-refractivity contribution in [2.75, 3.05) is 0 Å². The molecule has 3 aromatic rings. The smallest absolute Gasteiger partial charge is 0.390 e. The van der Waals surface area contributed by atoms with Crippen molar-refractivity contribution in [1.29, 1.82) is 0 Å². The van der Waals surface area contributed by atoms with Crippen LogP contribution in [0.2, 0.25) is 5.02 Å². The molecule has 0 heterocycles. The maximum Gasteiger partial charge on any atom is 0.417 e. The molecule has 0 amide bonds. The minimum absolute atomic E-state index is 0.0781. The zero-order valence-electron chi connectivity index (χ0n) is 15.6. The third-order valence-electron chi connectivity index (χ3n) is 4.26. The zero-order valence-corrected chi connectivity index (χ0v) is 16.4. The fraction of sp³-hybridized carbons (Fsp3) is 0.136. The lowest BCUT2D eigenvalue weighted by molar-refractivity contribution is -0.138. The van der Waals surface area contributed by atoms with E-state index in [1.54, 1.807) is 30.3 Å². The summed E-state index contributed by atoms with van der Waals surface area (Å²) in [7, 11) is 0. The predicted molar refractivity (Wildman–Crippen MR) is 105 cm³/mol. The van der Waals surface area contributed by atoms with Gasteiger partial charge >= 0.3 is 12.4 Å². The molecule has 0 aliphatic heterocycles. The van der Waals surface area contributed by atoms with E-state index in [4.69, 9.17) is 16.4 Å². The van der Waals surface area contributed by atoms with Crippen LogP contribution >= 0.6 is 11.6 Å². The third kappa shape index (κ3) is 5.79. The number of hydrogen-bond acceptors (Lipinski definition) is 2. The second kappa shape index (κ2) is 9.01. The second-order valence-corrected chi connectivity index (χ2v) is 6.90. The van der Waals surface area contributed by atoms with Gasteiger partial charge in [-0.15, -0.1) is 0 Å². The Morgan fingerprint density at radius 2 is 1.45 bits per heavy atom. The number of halogens is 7. The molecule has 0 aromatic heterocycles. The Bertz CT molecular complexity index is 1060. The Labute approximate surface area is 178 Å². The van der Waals surface area contributed by atoms with Gasteiger partial charge in [0.1, 0.15) is 12.3 Å². The summed E-state index contributed by atoms with van der Waals surface area (Å²) in [5.41, 5.74) is -1.44.